The topological polar surface area (TPSA) is 73.0 Å². The maximum atomic E-state index is 12.9. The molecule has 0 saturated carbocycles. The van der Waals surface area contributed by atoms with Crippen LogP contribution in [-0.2, 0) is 14.4 Å². The van der Waals surface area contributed by atoms with E-state index in [0.717, 1.165) is 12.8 Å². The van der Waals surface area contributed by atoms with E-state index in [9.17, 15) is 18.8 Å². The highest BCUT2D eigenvalue weighted by Gasteiger charge is 2.31. The number of likely N-dealkylation sites (tertiary alicyclic amines) is 1. The van der Waals surface area contributed by atoms with E-state index in [-0.39, 0.29) is 36.0 Å². The molecular weight excluding hydrogens is 363 g/mol. The third-order valence-corrected chi connectivity index (χ3v) is 5.47. The van der Waals surface area contributed by atoms with Crippen LogP contribution < -0.4 is 5.32 Å². The second-order valence-corrected chi connectivity index (χ2v) is 7.44. The fourth-order valence-electron chi connectivity index (χ4n) is 3.76. The van der Waals surface area contributed by atoms with E-state index in [0.29, 0.717) is 45.0 Å². The number of piperidine rings is 1. The molecule has 2 fully saturated rings. The molecule has 0 aromatic heterocycles. The molecule has 2 aliphatic rings. The van der Waals surface area contributed by atoms with Gasteiger partial charge in [-0.3, -0.25) is 19.3 Å². The quantitative estimate of drug-likeness (QED) is 0.838. The van der Waals surface area contributed by atoms with Crippen LogP contribution in [-0.4, -0.2) is 78.2 Å². The minimum atomic E-state index is -0.342. The largest absolute Gasteiger partial charge is 0.343 e. The van der Waals surface area contributed by atoms with Gasteiger partial charge in [-0.1, -0.05) is 0 Å². The number of anilines is 1. The molecule has 1 N–H and O–H groups in total. The van der Waals surface area contributed by atoms with Gasteiger partial charge in [-0.05, 0) is 37.1 Å². The first-order valence-electron chi connectivity index (χ1n) is 9.74. The van der Waals surface area contributed by atoms with Gasteiger partial charge in [0.25, 0.3) is 0 Å². The summed E-state index contributed by atoms with van der Waals surface area (Å²) in [6.45, 7) is 5.61. The molecule has 3 rings (SSSR count). The van der Waals surface area contributed by atoms with Crippen LogP contribution in [0.25, 0.3) is 0 Å². The van der Waals surface area contributed by atoms with Crippen molar-refractivity contribution < 1.29 is 18.8 Å². The van der Waals surface area contributed by atoms with Crippen molar-refractivity contribution in [3.05, 3.63) is 30.1 Å². The Labute approximate surface area is 164 Å². The summed E-state index contributed by atoms with van der Waals surface area (Å²) in [5.74, 6) is -0.269. The molecule has 3 amide bonds. The fourth-order valence-corrected chi connectivity index (χ4v) is 3.76. The van der Waals surface area contributed by atoms with Gasteiger partial charge in [0.15, 0.2) is 0 Å². The maximum absolute atomic E-state index is 12.9. The van der Waals surface area contributed by atoms with E-state index < -0.39 is 0 Å². The van der Waals surface area contributed by atoms with Gasteiger partial charge in [0.05, 0.1) is 6.54 Å². The summed E-state index contributed by atoms with van der Waals surface area (Å²) >= 11 is 0. The maximum Gasteiger partial charge on any atom is 0.238 e. The number of rotatable bonds is 4. The Hall–Kier alpha value is -2.48. The molecule has 0 radical (unpaired) electrons. The second kappa shape index (κ2) is 9.14. The molecule has 8 heteroatoms. The number of piperazine rings is 1. The molecule has 0 aliphatic carbocycles. The predicted molar refractivity (Wildman–Crippen MR) is 103 cm³/mol. The summed E-state index contributed by atoms with van der Waals surface area (Å²) in [4.78, 5) is 42.0. The van der Waals surface area contributed by atoms with Crippen molar-refractivity contribution in [3.63, 3.8) is 0 Å². The van der Waals surface area contributed by atoms with Crippen molar-refractivity contribution in [2.24, 2.45) is 5.92 Å². The van der Waals surface area contributed by atoms with E-state index in [1.165, 1.54) is 24.3 Å². The van der Waals surface area contributed by atoms with Crippen molar-refractivity contribution in [3.8, 4) is 0 Å². The van der Waals surface area contributed by atoms with E-state index in [1.807, 2.05) is 9.80 Å². The highest BCUT2D eigenvalue weighted by Crippen LogP contribution is 2.20. The second-order valence-electron chi connectivity index (χ2n) is 7.44. The molecule has 2 heterocycles. The molecule has 2 aliphatic heterocycles. The lowest BCUT2D eigenvalue weighted by Gasteiger charge is -2.38. The predicted octanol–water partition coefficient (Wildman–Crippen LogP) is 1.17. The van der Waals surface area contributed by atoms with Gasteiger partial charge in [0.2, 0.25) is 17.7 Å². The zero-order chi connectivity index (χ0) is 20.1. The van der Waals surface area contributed by atoms with E-state index in [2.05, 4.69) is 5.32 Å². The van der Waals surface area contributed by atoms with Crippen LogP contribution in [0.4, 0.5) is 10.1 Å². The van der Waals surface area contributed by atoms with Crippen molar-refractivity contribution in [2.45, 2.75) is 19.8 Å². The van der Waals surface area contributed by atoms with Gasteiger partial charge < -0.3 is 15.1 Å². The van der Waals surface area contributed by atoms with E-state index in [1.54, 1.807) is 11.8 Å². The van der Waals surface area contributed by atoms with E-state index in [4.69, 9.17) is 0 Å². The molecule has 28 heavy (non-hydrogen) atoms. The zero-order valence-electron chi connectivity index (χ0n) is 16.2. The molecule has 1 aromatic carbocycles. The number of amides is 3. The van der Waals surface area contributed by atoms with Crippen LogP contribution in [0.1, 0.15) is 19.8 Å². The molecule has 1 aromatic rings. The van der Waals surface area contributed by atoms with Gasteiger partial charge in [-0.25, -0.2) is 4.39 Å². The van der Waals surface area contributed by atoms with Crippen LogP contribution in [0, 0.1) is 11.7 Å². The normalized spacial score (nSPS) is 18.8. The first-order valence-corrected chi connectivity index (χ1v) is 9.74. The Bertz CT molecular complexity index is 709. The Kier molecular flexibility index (Phi) is 6.61. The molecular formula is C20H27FN4O3. The van der Waals surface area contributed by atoms with Crippen LogP contribution in [0.15, 0.2) is 24.3 Å². The van der Waals surface area contributed by atoms with Crippen LogP contribution in [0.3, 0.4) is 0 Å². The third-order valence-electron chi connectivity index (χ3n) is 5.47. The summed E-state index contributed by atoms with van der Waals surface area (Å²) in [5.41, 5.74) is 0.567. The average molecular weight is 390 g/mol. The van der Waals surface area contributed by atoms with Gasteiger partial charge in [0, 0.05) is 57.8 Å². The molecule has 0 bridgehead atoms. The molecule has 0 atom stereocenters. The van der Waals surface area contributed by atoms with Crippen LogP contribution >= 0.6 is 0 Å². The lowest BCUT2D eigenvalue weighted by molar-refractivity contribution is -0.141. The highest BCUT2D eigenvalue weighted by atomic mass is 19.1. The van der Waals surface area contributed by atoms with E-state index >= 15 is 0 Å². The van der Waals surface area contributed by atoms with Crippen molar-refractivity contribution >= 4 is 23.4 Å². The minimum Gasteiger partial charge on any atom is -0.343 e. The number of carbonyl (C=O) groups is 3. The summed E-state index contributed by atoms with van der Waals surface area (Å²) in [7, 11) is 0. The Morgan fingerprint density at radius 3 is 2.14 bits per heavy atom. The Balaban J connectivity index is 1.40. The van der Waals surface area contributed by atoms with Gasteiger partial charge in [0.1, 0.15) is 5.82 Å². The number of nitrogens with one attached hydrogen (secondary N) is 1. The number of hydrogen-bond acceptors (Lipinski definition) is 4. The van der Waals surface area contributed by atoms with Crippen molar-refractivity contribution in [1.29, 1.82) is 0 Å². The number of carbonyl (C=O) groups excluding carboxylic acids is 3. The number of hydrogen-bond donors (Lipinski definition) is 1. The minimum absolute atomic E-state index is 0.0103. The smallest absolute Gasteiger partial charge is 0.238 e. The third kappa shape index (κ3) is 5.28. The Morgan fingerprint density at radius 1 is 0.964 bits per heavy atom. The molecule has 7 nitrogen and oxygen atoms in total. The lowest BCUT2D eigenvalue weighted by atomic mass is 9.95. The van der Waals surface area contributed by atoms with Gasteiger partial charge >= 0.3 is 0 Å². The summed E-state index contributed by atoms with van der Waals surface area (Å²) in [6, 6.07) is 5.67. The Morgan fingerprint density at radius 2 is 1.57 bits per heavy atom. The number of benzene rings is 1. The average Bonchev–Trinajstić information content (AvgIpc) is 2.70. The standard InChI is InChI=1S/C20H27FN4O3/c1-15(26)24-8-6-16(7-9-24)20(28)25-12-10-23(11-13-25)14-19(27)22-18-4-2-17(21)3-5-18/h2-5,16H,6-14H2,1H3,(H,22,27). The fraction of sp³-hybridized carbons (Fsp3) is 0.550. The summed E-state index contributed by atoms with van der Waals surface area (Å²) in [6.07, 6.45) is 1.44. The lowest BCUT2D eigenvalue weighted by Crippen LogP contribution is -2.53. The SMILES string of the molecule is CC(=O)N1CCC(C(=O)N2CCN(CC(=O)Nc3ccc(F)cc3)CC2)CC1. The van der Waals surface area contributed by atoms with Crippen molar-refractivity contribution in [1.82, 2.24) is 14.7 Å². The first kappa shape index (κ1) is 20.3. The number of nitrogens with zero attached hydrogens (tertiary/aromatic N) is 3. The van der Waals surface area contributed by atoms with Crippen molar-refractivity contribution in [2.75, 3.05) is 51.1 Å². The summed E-state index contributed by atoms with van der Waals surface area (Å²) < 4.78 is 12.9. The van der Waals surface area contributed by atoms with Gasteiger partial charge in [-0.2, -0.15) is 0 Å². The van der Waals surface area contributed by atoms with Gasteiger partial charge in [-0.15, -0.1) is 0 Å². The summed E-state index contributed by atoms with van der Waals surface area (Å²) in [5, 5.41) is 2.76. The molecule has 0 spiro atoms. The van der Waals surface area contributed by atoms with Crippen LogP contribution in [0.5, 0.6) is 0 Å². The van der Waals surface area contributed by atoms with Crippen LogP contribution in [0.2, 0.25) is 0 Å². The molecule has 0 unspecified atom stereocenters. The first-order chi connectivity index (χ1) is 13.4. The zero-order valence-corrected chi connectivity index (χ0v) is 16.2. The molecule has 2 saturated heterocycles. The molecule has 152 valence electrons. The highest BCUT2D eigenvalue weighted by molar-refractivity contribution is 5.92. The number of halogens is 1. The monoisotopic (exact) mass is 390 g/mol.